The van der Waals surface area contributed by atoms with E-state index in [-0.39, 0.29) is 5.91 Å². The van der Waals surface area contributed by atoms with Crippen LogP contribution in [0.3, 0.4) is 0 Å². The quantitative estimate of drug-likeness (QED) is 0.451. The van der Waals surface area contributed by atoms with E-state index in [9.17, 15) is 4.79 Å². The van der Waals surface area contributed by atoms with E-state index < -0.39 is 0 Å². The highest BCUT2D eigenvalue weighted by Crippen LogP contribution is 1.89. The normalized spacial score (nSPS) is 11.9. The second-order valence-corrected chi connectivity index (χ2v) is 2.31. The Balaban J connectivity index is 3.86. The molecule has 0 aromatic rings. The van der Waals surface area contributed by atoms with E-state index in [0.717, 1.165) is 5.57 Å². The van der Waals surface area contributed by atoms with Crippen LogP contribution in [0.5, 0.6) is 0 Å². The number of rotatable bonds is 2. The number of amides is 1. The van der Waals surface area contributed by atoms with Crippen LogP contribution in [0, 0.1) is 0 Å². The number of nitrogens with zero attached hydrogens (tertiary/aromatic N) is 1. The molecule has 0 bridgehead atoms. The monoisotopic (exact) mass is 142 g/mol. The third-order valence-corrected chi connectivity index (χ3v) is 1.12. The SMILES string of the molecule is CC=C(C)C(=O)NN(C)C. The van der Waals surface area contributed by atoms with Gasteiger partial charge in [-0.2, -0.15) is 0 Å². The van der Waals surface area contributed by atoms with Crippen LogP contribution in [0.25, 0.3) is 0 Å². The van der Waals surface area contributed by atoms with E-state index in [4.69, 9.17) is 0 Å². The first kappa shape index (κ1) is 9.17. The lowest BCUT2D eigenvalue weighted by atomic mass is 10.3. The Morgan fingerprint density at radius 1 is 1.50 bits per heavy atom. The highest BCUT2D eigenvalue weighted by atomic mass is 16.2. The summed E-state index contributed by atoms with van der Waals surface area (Å²) in [7, 11) is 3.56. The van der Waals surface area contributed by atoms with Crippen molar-refractivity contribution in [2.45, 2.75) is 13.8 Å². The molecular formula is C7H14N2O. The van der Waals surface area contributed by atoms with Crippen LogP contribution >= 0.6 is 0 Å². The van der Waals surface area contributed by atoms with Crippen molar-refractivity contribution in [2.24, 2.45) is 0 Å². The number of allylic oxidation sites excluding steroid dienone is 1. The standard InChI is InChI=1S/C7H14N2O/c1-5-6(2)7(10)8-9(3)4/h5H,1-4H3,(H,8,10). The van der Waals surface area contributed by atoms with Crippen molar-refractivity contribution >= 4 is 5.91 Å². The van der Waals surface area contributed by atoms with Crippen LogP contribution in [0.2, 0.25) is 0 Å². The molecule has 0 aliphatic carbocycles. The summed E-state index contributed by atoms with van der Waals surface area (Å²) >= 11 is 0. The predicted molar refractivity (Wildman–Crippen MR) is 41.3 cm³/mol. The second kappa shape index (κ2) is 4.06. The van der Waals surface area contributed by atoms with Crippen molar-refractivity contribution in [3.63, 3.8) is 0 Å². The smallest absolute Gasteiger partial charge is 0.260 e. The lowest BCUT2D eigenvalue weighted by Gasteiger charge is -2.11. The molecule has 58 valence electrons. The fourth-order valence-corrected chi connectivity index (χ4v) is 0.422. The fourth-order valence-electron chi connectivity index (χ4n) is 0.422. The maximum absolute atomic E-state index is 11.0. The number of carbonyl (C=O) groups is 1. The Kier molecular flexibility index (Phi) is 3.72. The predicted octanol–water partition coefficient (Wildman–Crippen LogP) is 0.545. The van der Waals surface area contributed by atoms with E-state index in [1.807, 2.05) is 6.92 Å². The summed E-state index contributed by atoms with van der Waals surface area (Å²) in [6.45, 7) is 3.61. The lowest BCUT2D eigenvalue weighted by molar-refractivity contribution is -0.121. The van der Waals surface area contributed by atoms with Crippen LogP contribution in [0.4, 0.5) is 0 Å². The molecular weight excluding hydrogens is 128 g/mol. The minimum Gasteiger partial charge on any atom is -0.286 e. The minimum absolute atomic E-state index is 0.0486. The van der Waals surface area contributed by atoms with E-state index in [2.05, 4.69) is 5.43 Å². The molecule has 0 radical (unpaired) electrons. The summed E-state index contributed by atoms with van der Waals surface area (Å²) < 4.78 is 0. The first-order chi connectivity index (χ1) is 4.57. The highest BCUT2D eigenvalue weighted by Gasteiger charge is 2.01. The van der Waals surface area contributed by atoms with Gasteiger partial charge < -0.3 is 0 Å². The van der Waals surface area contributed by atoms with Crippen LogP contribution in [0.15, 0.2) is 11.6 Å². The van der Waals surface area contributed by atoms with Gasteiger partial charge in [-0.05, 0) is 13.8 Å². The second-order valence-electron chi connectivity index (χ2n) is 2.31. The van der Waals surface area contributed by atoms with Gasteiger partial charge in [0, 0.05) is 19.7 Å². The van der Waals surface area contributed by atoms with Crippen molar-refractivity contribution in [3.05, 3.63) is 11.6 Å². The van der Waals surface area contributed by atoms with Crippen LogP contribution < -0.4 is 5.43 Å². The number of nitrogens with one attached hydrogen (secondary N) is 1. The van der Waals surface area contributed by atoms with Gasteiger partial charge in [-0.1, -0.05) is 6.08 Å². The summed E-state index contributed by atoms with van der Waals surface area (Å²) in [5.74, 6) is -0.0486. The molecule has 0 heterocycles. The zero-order valence-corrected chi connectivity index (χ0v) is 6.93. The molecule has 0 fully saturated rings. The summed E-state index contributed by atoms with van der Waals surface area (Å²) in [6.07, 6.45) is 1.78. The van der Waals surface area contributed by atoms with Gasteiger partial charge in [0.25, 0.3) is 5.91 Å². The van der Waals surface area contributed by atoms with Gasteiger partial charge in [-0.3, -0.25) is 10.2 Å². The molecule has 0 aromatic carbocycles. The molecule has 3 heteroatoms. The number of hydrogen-bond acceptors (Lipinski definition) is 2. The first-order valence-electron chi connectivity index (χ1n) is 3.19. The third-order valence-electron chi connectivity index (χ3n) is 1.12. The highest BCUT2D eigenvalue weighted by molar-refractivity contribution is 5.92. The molecule has 3 nitrogen and oxygen atoms in total. The van der Waals surface area contributed by atoms with Gasteiger partial charge >= 0.3 is 0 Å². The summed E-state index contributed by atoms with van der Waals surface area (Å²) in [5, 5.41) is 1.62. The number of carbonyl (C=O) groups excluding carboxylic acids is 1. The maximum Gasteiger partial charge on any atom is 0.260 e. The third kappa shape index (κ3) is 3.25. The molecule has 0 unspecified atom stereocenters. The Hall–Kier alpha value is -0.830. The van der Waals surface area contributed by atoms with Gasteiger partial charge in [-0.25, -0.2) is 5.01 Å². The Bertz CT molecular complexity index is 150. The molecule has 0 atom stereocenters. The molecule has 0 aromatic heterocycles. The molecule has 0 rings (SSSR count). The number of hydrogen-bond donors (Lipinski definition) is 1. The zero-order chi connectivity index (χ0) is 8.15. The van der Waals surface area contributed by atoms with Crippen LogP contribution in [-0.2, 0) is 4.79 Å². The molecule has 1 N–H and O–H groups in total. The topological polar surface area (TPSA) is 32.3 Å². The van der Waals surface area contributed by atoms with Gasteiger partial charge in [0.2, 0.25) is 0 Å². The summed E-state index contributed by atoms with van der Waals surface area (Å²) in [6, 6.07) is 0. The Morgan fingerprint density at radius 3 is 2.30 bits per heavy atom. The van der Waals surface area contributed by atoms with Crippen molar-refractivity contribution in [2.75, 3.05) is 14.1 Å². The van der Waals surface area contributed by atoms with E-state index in [1.54, 1.807) is 32.1 Å². The summed E-state index contributed by atoms with van der Waals surface area (Å²) in [4.78, 5) is 11.0. The average Bonchev–Trinajstić information content (AvgIpc) is 1.85. The van der Waals surface area contributed by atoms with Crippen LogP contribution in [-0.4, -0.2) is 25.0 Å². The van der Waals surface area contributed by atoms with Crippen molar-refractivity contribution in [1.82, 2.24) is 10.4 Å². The first-order valence-corrected chi connectivity index (χ1v) is 3.19. The Labute approximate surface area is 61.7 Å². The van der Waals surface area contributed by atoms with Gasteiger partial charge in [0.1, 0.15) is 0 Å². The summed E-state index contributed by atoms with van der Waals surface area (Å²) in [5.41, 5.74) is 3.35. The van der Waals surface area contributed by atoms with E-state index in [1.165, 1.54) is 0 Å². The average molecular weight is 142 g/mol. The fraction of sp³-hybridized carbons (Fsp3) is 0.571. The molecule has 1 amide bonds. The van der Waals surface area contributed by atoms with Gasteiger partial charge in [0.05, 0.1) is 0 Å². The van der Waals surface area contributed by atoms with E-state index in [0.29, 0.717) is 0 Å². The minimum atomic E-state index is -0.0486. The lowest BCUT2D eigenvalue weighted by Crippen LogP contribution is -2.36. The molecule has 0 aliphatic heterocycles. The van der Waals surface area contributed by atoms with Crippen molar-refractivity contribution in [3.8, 4) is 0 Å². The number of hydrazine groups is 1. The molecule has 0 spiro atoms. The largest absolute Gasteiger partial charge is 0.286 e. The van der Waals surface area contributed by atoms with E-state index >= 15 is 0 Å². The van der Waals surface area contributed by atoms with Crippen LogP contribution in [0.1, 0.15) is 13.8 Å². The molecule has 0 aliphatic rings. The molecule has 0 saturated carbocycles. The zero-order valence-electron chi connectivity index (χ0n) is 6.93. The van der Waals surface area contributed by atoms with Crippen molar-refractivity contribution < 1.29 is 4.79 Å². The van der Waals surface area contributed by atoms with Gasteiger partial charge in [0.15, 0.2) is 0 Å². The molecule has 10 heavy (non-hydrogen) atoms. The van der Waals surface area contributed by atoms with Crippen molar-refractivity contribution in [1.29, 1.82) is 0 Å². The maximum atomic E-state index is 11.0. The van der Waals surface area contributed by atoms with Gasteiger partial charge in [-0.15, -0.1) is 0 Å². The molecule has 0 saturated heterocycles. The Morgan fingerprint density at radius 2 is 2.00 bits per heavy atom.